The highest BCUT2D eigenvalue weighted by Gasteiger charge is 2.17. The fourth-order valence-electron chi connectivity index (χ4n) is 1.42. The van der Waals surface area contributed by atoms with Crippen LogP contribution in [0.2, 0.25) is 5.02 Å². The molecule has 0 saturated carbocycles. The lowest BCUT2D eigenvalue weighted by Gasteiger charge is -2.13. The second-order valence-corrected chi connectivity index (χ2v) is 4.17. The third-order valence-corrected chi connectivity index (χ3v) is 2.53. The molecule has 1 atom stereocenters. The van der Waals surface area contributed by atoms with Gasteiger partial charge in [0.15, 0.2) is 0 Å². The summed E-state index contributed by atoms with van der Waals surface area (Å²) in [4.78, 5) is 11.8. The number of nitrogens with zero attached hydrogens (tertiary/aromatic N) is 1. The molecular weight excluding hydrogens is 261 g/mol. The molecule has 18 heavy (non-hydrogen) atoms. The molecule has 5 nitrogen and oxygen atoms in total. The molecular formula is C11H13ClFN3O2. The van der Waals surface area contributed by atoms with Crippen LogP contribution in [0.15, 0.2) is 23.4 Å². The van der Waals surface area contributed by atoms with Crippen molar-refractivity contribution in [2.24, 2.45) is 10.9 Å². The number of carbonyl (C=O) groups excluding carboxylic acids is 1. The predicted octanol–water partition coefficient (Wildman–Crippen LogP) is 1.73. The predicted molar refractivity (Wildman–Crippen MR) is 66.4 cm³/mol. The van der Waals surface area contributed by atoms with Crippen molar-refractivity contribution in [2.45, 2.75) is 19.4 Å². The number of carbonyl (C=O) groups is 1. The zero-order valence-corrected chi connectivity index (χ0v) is 10.4. The third kappa shape index (κ3) is 3.59. The van der Waals surface area contributed by atoms with Gasteiger partial charge in [-0.3, -0.25) is 4.79 Å². The van der Waals surface area contributed by atoms with Gasteiger partial charge in [-0.25, -0.2) is 4.39 Å². The van der Waals surface area contributed by atoms with Crippen LogP contribution in [0.1, 0.15) is 23.7 Å². The molecule has 0 aromatic heterocycles. The van der Waals surface area contributed by atoms with Gasteiger partial charge in [0.1, 0.15) is 11.7 Å². The van der Waals surface area contributed by atoms with Crippen LogP contribution in [0.25, 0.3) is 0 Å². The molecule has 98 valence electrons. The van der Waals surface area contributed by atoms with Crippen LogP contribution in [-0.2, 0) is 0 Å². The van der Waals surface area contributed by atoms with E-state index in [-0.39, 0.29) is 22.8 Å². The molecule has 1 aromatic carbocycles. The van der Waals surface area contributed by atoms with E-state index in [4.69, 9.17) is 22.5 Å². The molecule has 7 heteroatoms. The monoisotopic (exact) mass is 273 g/mol. The fraction of sp³-hybridized carbons (Fsp3) is 0.273. The number of rotatable bonds is 4. The normalized spacial score (nSPS) is 13.2. The zero-order valence-electron chi connectivity index (χ0n) is 9.65. The van der Waals surface area contributed by atoms with Gasteiger partial charge in [0.05, 0.1) is 10.6 Å². The smallest absolute Gasteiger partial charge is 0.256 e. The van der Waals surface area contributed by atoms with Crippen LogP contribution in [0.4, 0.5) is 4.39 Å². The average molecular weight is 274 g/mol. The van der Waals surface area contributed by atoms with Gasteiger partial charge in [-0.2, -0.15) is 0 Å². The molecule has 0 aliphatic carbocycles. The maximum absolute atomic E-state index is 13.4. The van der Waals surface area contributed by atoms with Crippen molar-refractivity contribution in [3.63, 3.8) is 0 Å². The molecule has 1 unspecified atom stereocenters. The largest absolute Gasteiger partial charge is 0.409 e. The van der Waals surface area contributed by atoms with Gasteiger partial charge < -0.3 is 16.3 Å². The average Bonchev–Trinajstić information content (AvgIpc) is 2.28. The minimum Gasteiger partial charge on any atom is -0.409 e. The Bertz CT molecular complexity index is 459. The molecule has 0 radical (unpaired) electrons. The molecule has 0 saturated heterocycles. The summed E-state index contributed by atoms with van der Waals surface area (Å²) < 4.78 is 13.4. The molecule has 4 N–H and O–H groups in total. The lowest BCUT2D eigenvalue weighted by Crippen LogP contribution is -2.36. The van der Waals surface area contributed by atoms with Gasteiger partial charge in [0.2, 0.25) is 0 Å². The van der Waals surface area contributed by atoms with Gasteiger partial charge in [0, 0.05) is 12.5 Å². The molecule has 0 heterocycles. The summed E-state index contributed by atoms with van der Waals surface area (Å²) in [6, 6.07) is 3.57. The highest BCUT2D eigenvalue weighted by molar-refractivity contribution is 6.33. The van der Waals surface area contributed by atoms with Crippen LogP contribution >= 0.6 is 11.6 Å². The fourth-order valence-corrected chi connectivity index (χ4v) is 1.67. The molecule has 0 spiro atoms. The third-order valence-electron chi connectivity index (χ3n) is 2.21. The van der Waals surface area contributed by atoms with Crippen molar-refractivity contribution in [3.05, 3.63) is 34.6 Å². The maximum atomic E-state index is 13.4. The number of amides is 1. The lowest BCUT2D eigenvalue weighted by molar-refractivity contribution is 0.0937. The van der Waals surface area contributed by atoms with E-state index < -0.39 is 17.8 Å². The Kier molecular flexibility index (Phi) is 4.91. The Balaban J connectivity index is 2.77. The van der Waals surface area contributed by atoms with Crippen molar-refractivity contribution in [3.8, 4) is 0 Å². The van der Waals surface area contributed by atoms with E-state index in [1.165, 1.54) is 12.1 Å². The Morgan fingerprint density at radius 3 is 2.89 bits per heavy atom. The maximum Gasteiger partial charge on any atom is 0.256 e. The van der Waals surface area contributed by atoms with E-state index in [0.717, 1.165) is 6.07 Å². The number of hydrogen-bond donors (Lipinski definition) is 3. The first-order chi connectivity index (χ1) is 8.45. The number of nitrogens with one attached hydrogen (secondary N) is 1. The standard InChI is InChI=1S/C11H13ClFN3O2/c1-6(5-9(14)16-18)15-11(17)10-7(12)3-2-4-8(10)13/h2-4,6,18H,5H2,1H3,(H2,14,16)(H,15,17). The summed E-state index contributed by atoms with van der Waals surface area (Å²) >= 11 is 5.75. The van der Waals surface area contributed by atoms with Crippen LogP contribution < -0.4 is 11.1 Å². The van der Waals surface area contributed by atoms with E-state index in [9.17, 15) is 9.18 Å². The van der Waals surface area contributed by atoms with Crippen LogP contribution in [0.5, 0.6) is 0 Å². The first-order valence-electron chi connectivity index (χ1n) is 5.17. The number of amidine groups is 1. The highest BCUT2D eigenvalue weighted by Crippen LogP contribution is 2.18. The van der Waals surface area contributed by atoms with Crippen LogP contribution in [0, 0.1) is 5.82 Å². The first kappa shape index (κ1) is 14.2. The zero-order chi connectivity index (χ0) is 13.7. The van der Waals surface area contributed by atoms with Crippen LogP contribution in [-0.4, -0.2) is 23.0 Å². The Morgan fingerprint density at radius 1 is 1.67 bits per heavy atom. The summed E-state index contributed by atoms with van der Waals surface area (Å²) in [6.45, 7) is 1.64. The van der Waals surface area contributed by atoms with Crippen LogP contribution in [0.3, 0.4) is 0 Å². The van der Waals surface area contributed by atoms with E-state index in [2.05, 4.69) is 10.5 Å². The Morgan fingerprint density at radius 2 is 2.33 bits per heavy atom. The van der Waals surface area contributed by atoms with Crippen molar-refractivity contribution in [1.29, 1.82) is 0 Å². The number of nitrogens with two attached hydrogens (primary N) is 1. The molecule has 1 amide bonds. The van der Waals surface area contributed by atoms with E-state index >= 15 is 0 Å². The van der Waals surface area contributed by atoms with Gasteiger partial charge in [0.25, 0.3) is 5.91 Å². The molecule has 0 fully saturated rings. The summed E-state index contributed by atoms with van der Waals surface area (Å²) in [5.74, 6) is -1.37. The Hall–Kier alpha value is -1.82. The lowest BCUT2D eigenvalue weighted by atomic mass is 10.1. The van der Waals surface area contributed by atoms with Gasteiger partial charge >= 0.3 is 0 Å². The second kappa shape index (κ2) is 6.20. The SMILES string of the molecule is CC(C/C(N)=N/O)NC(=O)c1c(F)cccc1Cl. The van der Waals surface area contributed by atoms with Gasteiger partial charge in [-0.1, -0.05) is 22.8 Å². The van der Waals surface area contributed by atoms with Crippen molar-refractivity contribution < 1.29 is 14.4 Å². The summed E-state index contributed by atoms with van der Waals surface area (Å²) in [5, 5.41) is 13.7. The minimum atomic E-state index is -0.698. The van der Waals surface area contributed by atoms with E-state index in [1.807, 2.05) is 0 Å². The molecule has 0 aliphatic rings. The first-order valence-corrected chi connectivity index (χ1v) is 5.54. The van der Waals surface area contributed by atoms with Crippen molar-refractivity contribution in [2.75, 3.05) is 0 Å². The van der Waals surface area contributed by atoms with Gasteiger partial charge in [-0.05, 0) is 19.1 Å². The van der Waals surface area contributed by atoms with Crippen molar-refractivity contribution >= 4 is 23.3 Å². The molecule has 1 rings (SSSR count). The van der Waals surface area contributed by atoms with Gasteiger partial charge in [-0.15, -0.1) is 0 Å². The molecule has 0 bridgehead atoms. The number of halogens is 2. The number of oxime groups is 1. The molecule has 1 aromatic rings. The quantitative estimate of drug-likeness (QED) is 0.338. The summed E-state index contributed by atoms with van der Waals surface area (Å²) in [6.07, 6.45) is 0.147. The number of benzene rings is 1. The second-order valence-electron chi connectivity index (χ2n) is 3.77. The Labute approximate surface area is 108 Å². The van der Waals surface area contributed by atoms with E-state index in [0.29, 0.717) is 0 Å². The highest BCUT2D eigenvalue weighted by atomic mass is 35.5. The summed E-state index contributed by atoms with van der Waals surface area (Å²) in [5.41, 5.74) is 5.08. The minimum absolute atomic E-state index is 0.0255. The van der Waals surface area contributed by atoms with E-state index in [1.54, 1.807) is 6.92 Å². The number of hydrogen-bond acceptors (Lipinski definition) is 3. The van der Waals surface area contributed by atoms with Crippen molar-refractivity contribution in [1.82, 2.24) is 5.32 Å². The molecule has 0 aliphatic heterocycles. The summed E-state index contributed by atoms with van der Waals surface area (Å²) in [7, 11) is 0. The topological polar surface area (TPSA) is 87.7 Å².